The van der Waals surface area contributed by atoms with Crippen molar-refractivity contribution in [3.8, 4) is 10.6 Å². The van der Waals surface area contributed by atoms with Crippen LogP contribution < -0.4 is 5.32 Å². The van der Waals surface area contributed by atoms with Crippen molar-refractivity contribution in [2.75, 3.05) is 0 Å². The highest BCUT2D eigenvalue weighted by molar-refractivity contribution is 7.13. The third-order valence-electron chi connectivity index (χ3n) is 4.50. The molecule has 4 heterocycles. The van der Waals surface area contributed by atoms with Gasteiger partial charge < -0.3 is 10.2 Å². The lowest BCUT2D eigenvalue weighted by Gasteiger charge is -2.41. The van der Waals surface area contributed by atoms with Crippen molar-refractivity contribution in [3.63, 3.8) is 0 Å². The summed E-state index contributed by atoms with van der Waals surface area (Å²) in [7, 11) is 0. The number of aromatic nitrogens is 2. The predicted octanol–water partition coefficient (Wildman–Crippen LogP) is 2.29. The normalized spacial score (nSPS) is 21.0. The number of rotatable bonds is 4. The van der Waals surface area contributed by atoms with Crippen LogP contribution in [0.4, 0.5) is 0 Å². The van der Waals surface area contributed by atoms with Crippen LogP contribution in [0.3, 0.4) is 0 Å². The van der Waals surface area contributed by atoms with Crippen LogP contribution >= 0.6 is 11.3 Å². The standard InChI is InChI=1S/C19H17N5O2S/c1-19(10-16(25)23-15-4-2-3-9-24(15)19)18(26)21-11-14-12-27-17(22-14)13-5-7-20-8-6-13/h2-9,12H,10-11H2,1H3,(H,21,26). The number of carbonyl (C=O) groups is 2. The molecule has 0 saturated carbocycles. The number of fused-ring (bicyclic) bond motifs is 1. The van der Waals surface area contributed by atoms with Gasteiger partial charge in [0.15, 0.2) is 0 Å². The van der Waals surface area contributed by atoms with Crippen LogP contribution in [0.2, 0.25) is 0 Å². The van der Waals surface area contributed by atoms with Crippen LogP contribution in [-0.4, -0.2) is 38.1 Å². The van der Waals surface area contributed by atoms with Crippen molar-refractivity contribution in [1.29, 1.82) is 0 Å². The Morgan fingerprint density at radius 2 is 2.15 bits per heavy atom. The lowest BCUT2D eigenvalue weighted by molar-refractivity contribution is -0.134. The van der Waals surface area contributed by atoms with Crippen molar-refractivity contribution in [2.24, 2.45) is 4.99 Å². The molecule has 1 unspecified atom stereocenters. The van der Waals surface area contributed by atoms with Crippen LogP contribution in [0.5, 0.6) is 0 Å². The van der Waals surface area contributed by atoms with Crippen LogP contribution in [0, 0.1) is 0 Å². The molecular weight excluding hydrogens is 362 g/mol. The quantitative estimate of drug-likeness (QED) is 0.881. The number of allylic oxidation sites excluding steroid dienone is 2. The van der Waals surface area contributed by atoms with E-state index in [0.717, 1.165) is 16.3 Å². The Kier molecular flexibility index (Phi) is 4.41. The molecule has 2 aromatic rings. The average molecular weight is 379 g/mol. The molecule has 8 heteroatoms. The van der Waals surface area contributed by atoms with Crippen molar-refractivity contribution in [1.82, 2.24) is 20.2 Å². The highest BCUT2D eigenvalue weighted by Crippen LogP contribution is 2.28. The third-order valence-corrected chi connectivity index (χ3v) is 5.44. The van der Waals surface area contributed by atoms with Gasteiger partial charge in [-0.1, -0.05) is 6.08 Å². The number of hydrogen-bond acceptors (Lipinski definition) is 6. The monoisotopic (exact) mass is 379 g/mol. The van der Waals surface area contributed by atoms with Gasteiger partial charge in [0.05, 0.1) is 18.7 Å². The van der Waals surface area contributed by atoms with E-state index in [0.29, 0.717) is 12.4 Å². The molecule has 0 fully saturated rings. The molecule has 1 atom stereocenters. The summed E-state index contributed by atoms with van der Waals surface area (Å²) in [6.07, 6.45) is 10.6. The second-order valence-electron chi connectivity index (χ2n) is 6.45. The summed E-state index contributed by atoms with van der Waals surface area (Å²) >= 11 is 1.51. The lowest BCUT2D eigenvalue weighted by atomic mass is 9.91. The highest BCUT2D eigenvalue weighted by Gasteiger charge is 2.45. The molecule has 0 bridgehead atoms. The van der Waals surface area contributed by atoms with E-state index in [1.807, 2.05) is 23.6 Å². The highest BCUT2D eigenvalue weighted by atomic mass is 32.1. The van der Waals surface area contributed by atoms with E-state index in [4.69, 9.17) is 0 Å². The fraction of sp³-hybridized carbons (Fsp3) is 0.211. The molecule has 4 rings (SSSR count). The molecule has 2 aliphatic heterocycles. The fourth-order valence-electron chi connectivity index (χ4n) is 3.06. The summed E-state index contributed by atoms with van der Waals surface area (Å²) in [5, 5.41) is 5.71. The minimum atomic E-state index is -1.01. The minimum Gasteiger partial charge on any atom is -0.348 e. The van der Waals surface area contributed by atoms with E-state index in [9.17, 15) is 9.59 Å². The maximum absolute atomic E-state index is 12.9. The molecule has 2 aromatic heterocycles. The van der Waals surface area contributed by atoms with Crippen molar-refractivity contribution in [3.05, 3.63) is 60.0 Å². The van der Waals surface area contributed by atoms with Crippen LogP contribution in [0.25, 0.3) is 10.6 Å². The van der Waals surface area contributed by atoms with Crippen molar-refractivity contribution < 1.29 is 9.59 Å². The molecule has 0 saturated heterocycles. The molecule has 0 spiro atoms. The number of nitrogens with zero attached hydrogens (tertiary/aromatic N) is 4. The number of thiazole rings is 1. The molecule has 136 valence electrons. The maximum Gasteiger partial charge on any atom is 0.250 e. The minimum absolute atomic E-state index is 0.0276. The first-order valence-corrected chi connectivity index (χ1v) is 9.33. The Bertz CT molecular complexity index is 979. The van der Waals surface area contributed by atoms with Gasteiger partial charge in [-0.25, -0.2) is 4.98 Å². The average Bonchev–Trinajstić information content (AvgIpc) is 3.15. The Morgan fingerprint density at radius 1 is 1.33 bits per heavy atom. The second kappa shape index (κ2) is 6.88. The van der Waals surface area contributed by atoms with Gasteiger partial charge in [-0.3, -0.25) is 14.6 Å². The van der Waals surface area contributed by atoms with Gasteiger partial charge in [0.1, 0.15) is 16.4 Å². The zero-order valence-electron chi connectivity index (χ0n) is 14.6. The number of hydrogen-bond donors (Lipinski definition) is 1. The first-order chi connectivity index (χ1) is 13.1. The molecule has 2 aliphatic rings. The van der Waals surface area contributed by atoms with E-state index >= 15 is 0 Å². The predicted molar refractivity (Wildman–Crippen MR) is 103 cm³/mol. The molecule has 27 heavy (non-hydrogen) atoms. The fourth-order valence-corrected chi connectivity index (χ4v) is 3.88. The van der Waals surface area contributed by atoms with Gasteiger partial charge >= 0.3 is 0 Å². The summed E-state index contributed by atoms with van der Waals surface area (Å²) in [4.78, 5) is 39.2. The van der Waals surface area contributed by atoms with Crippen molar-refractivity contribution in [2.45, 2.75) is 25.4 Å². The molecular formula is C19H17N5O2S. The molecule has 1 N–H and O–H groups in total. The number of pyridine rings is 1. The Labute approximate surface area is 160 Å². The van der Waals surface area contributed by atoms with Gasteiger partial charge in [0, 0.05) is 29.5 Å². The van der Waals surface area contributed by atoms with Crippen LogP contribution in [-0.2, 0) is 16.1 Å². The van der Waals surface area contributed by atoms with E-state index in [-0.39, 0.29) is 18.2 Å². The summed E-state index contributed by atoms with van der Waals surface area (Å²) in [6, 6.07) is 3.79. The van der Waals surface area contributed by atoms with Crippen LogP contribution in [0.1, 0.15) is 19.0 Å². The SMILES string of the molecule is CC1(C(=O)NCc2csc(-c3ccncc3)n2)CC(=O)N=C2C=CC=CN21. The maximum atomic E-state index is 12.9. The van der Waals surface area contributed by atoms with Crippen LogP contribution in [0.15, 0.2) is 59.3 Å². The first-order valence-electron chi connectivity index (χ1n) is 8.45. The molecule has 2 amide bonds. The number of aliphatic imine (C=N–C) groups is 1. The Morgan fingerprint density at radius 3 is 2.96 bits per heavy atom. The summed E-state index contributed by atoms with van der Waals surface area (Å²) in [5.74, 6) is -0.0471. The third kappa shape index (κ3) is 3.31. The number of amides is 2. The molecule has 7 nitrogen and oxygen atoms in total. The van der Waals surface area contributed by atoms with E-state index in [1.165, 1.54) is 11.3 Å². The van der Waals surface area contributed by atoms with E-state index < -0.39 is 5.54 Å². The van der Waals surface area contributed by atoms with E-state index in [1.54, 1.807) is 42.6 Å². The van der Waals surface area contributed by atoms with Gasteiger partial charge in [-0.05, 0) is 31.2 Å². The second-order valence-corrected chi connectivity index (χ2v) is 7.31. The smallest absolute Gasteiger partial charge is 0.250 e. The Balaban J connectivity index is 1.47. The summed E-state index contributed by atoms with van der Waals surface area (Å²) in [6.45, 7) is 2.05. The van der Waals surface area contributed by atoms with Crippen molar-refractivity contribution >= 4 is 29.0 Å². The molecule has 0 aromatic carbocycles. The van der Waals surface area contributed by atoms with E-state index in [2.05, 4.69) is 20.3 Å². The Hall–Kier alpha value is -3.13. The zero-order chi connectivity index (χ0) is 18.9. The first kappa shape index (κ1) is 17.3. The van der Waals surface area contributed by atoms with Gasteiger partial charge in [0.2, 0.25) is 5.91 Å². The zero-order valence-corrected chi connectivity index (χ0v) is 15.4. The van der Waals surface area contributed by atoms with Gasteiger partial charge in [0.25, 0.3) is 5.91 Å². The largest absolute Gasteiger partial charge is 0.348 e. The number of nitrogens with one attached hydrogen (secondary N) is 1. The summed E-state index contributed by atoms with van der Waals surface area (Å²) in [5.41, 5.74) is 0.747. The number of amidine groups is 1. The van der Waals surface area contributed by atoms with Gasteiger partial charge in [-0.15, -0.1) is 11.3 Å². The topological polar surface area (TPSA) is 87.5 Å². The summed E-state index contributed by atoms with van der Waals surface area (Å²) < 4.78 is 0. The lowest BCUT2D eigenvalue weighted by Crippen LogP contribution is -2.59. The number of carbonyl (C=O) groups excluding carboxylic acids is 2. The molecule has 0 radical (unpaired) electrons. The molecule has 0 aliphatic carbocycles. The van der Waals surface area contributed by atoms with Gasteiger partial charge in [-0.2, -0.15) is 4.99 Å².